The van der Waals surface area contributed by atoms with E-state index in [2.05, 4.69) is 20.6 Å². The summed E-state index contributed by atoms with van der Waals surface area (Å²) in [6.07, 6.45) is 1.35. The average Bonchev–Trinajstić information content (AvgIpc) is 2.64. The highest BCUT2D eigenvalue weighted by Gasteiger charge is 2.09. The Kier molecular flexibility index (Phi) is 4.89. The number of methoxy groups -OCH3 is 1. The van der Waals surface area contributed by atoms with E-state index < -0.39 is 0 Å². The number of carbonyl (C=O) groups excluding carboxylic acids is 1. The smallest absolute Gasteiger partial charge is 0.274 e. The first-order valence-corrected chi connectivity index (χ1v) is 7.75. The van der Waals surface area contributed by atoms with Crippen molar-refractivity contribution >= 4 is 23.1 Å². The monoisotopic (exact) mass is 334 g/mol. The second-order valence-electron chi connectivity index (χ2n) is 5.47. The van der Waals surface area contributed by atoms with Gasteiger partial charge in [-0.1, -0.05) is 23.8 Å². The fourth-order valence-corrected chi connectivity index (χ4v) is 2.23. The van der Waals surface area contributed by atoms with Crippen LogP contribution in [0.15, 0.2) is 60.9 Å². The van der Waals surface area contributed by atoms with Gasteiger partial charge in [-0.05, 0) is 31.2 Å². The molecule has 3 rings (SSSR count). The fourth-order valence-electron chi connectivity index (χ4n) is 2.23. The lowest BCUT2D eigenvalue weighted by Gasteiger charge is -2.09. The van der Waals surface area contributed by atoms with E-state index in [9.17, 15) is 4.79 Å². The predicted octanol–water partition coefficient (Wildman–Crippen LogP) is 3.79. The topological polar surface area (TPSA) is 76.1 Å². The number of rotatable bonds is 5. The Morgan fingerprint density at radius 3 is 2.56 bits per heavy atom. The summed E-state index contributed by atoms with van der Waals surface area (Å²) in [5, 5.41) is 5.95. The first-order chi connectivity index (χ1) is 12.1. The molecule has 1 amide bonds. The number of anilines is 3. The molecule has 0 saturated carbocycles. The molecule has 0 unspecified atom stereocenters. The van der Waals surface area contributed by atoms with Crippen molar-refractivity contribution in [1.82, 2.24) is 9.97 Å². The Bertz CT molecular complexity index is 879. The van der Waals surface area contributed by atoms with Gasteiger partial charge in [0.15, 0.2) is 0 Å². The summed E-state index contributed by atoms with van der Waals surface area (Å²) in [5.74, 6) is 0.966. The van der Waals surface area contributed by atoms with Gasteiger partial charge in [-0.15, -0.1) is 0 Å². The third-order valence-electron chi connectivity index (χ3n) is 3.55. The first-order valence-electron chi connectivity index (χ1n) is 7.75. The molecule has 0 atom stereocenters. The number of amides is 1. The first kappa shape index (κ1) is 16.4. The van der Waals surface area contributed by atoms with Gasteiger partial charge in [-0.25, -0.2) is 9.97 Å². The molecule has 0 spiro atoms. The molecular weight excluding hydrogens is 316 g/mol. The molecule has 6 nitrogen and oxygen atoms in total. The number of aryl methyl sites for hydroxylation is 1. The van der Waals surface area contributed by atoms with Crippen molar-refractivity contribution in [1.29, 1.82) is 0 Å². The van der Waals surface area contributed by atoms with Crippen LogP contribution in [-0.4, -0.2) is 23.0 Å². The van der Waals surface area contributed by atoms with Gasteiger partial charge in [-0.3, -0.25) is 4.79 Å². The molecule has 2 N–H and O–H groups in total. The molecule has 0 aliphatic rings. The molecule has 6 heteroatoms. The van der Waals surface area contributed by atoms with Gasteiger partial charge in [0.05, 0.1) is 7.11 Å². The minimum atomic E-state index is -0.292. The van der Waals surface area contributed by atoms with E-state index in [4.69, 9.17) is 4.74 Å². The normalized spacial score (nSPS) is 10.2. The summed E-state index contributed by atoms with van der Waals surface area (Å²) in [7, 11) is 1.61. The quantitative estimate of drug-likeness (QED) is 0.742. The number of hydrogen-bond donors (Lipinski definition) is 2. The van der Waals surface area contributed by atoms with Crippen LogP contribution in [0.1, 0.15) is 16.1 Å². The Morgan fingerprint density at radius 1 is 1.00 bits per heavy atom. The maximum atomic E-state index is 12.4. The van der Waals surface area contributed by atoms with Gasteiger partial charge in [-0.2, -0.15) is 0 Å². The van der Waals surface area contributed by atoms with Crippen molar-refractivity contribution in [3.63, 3.8) is 0 Å². The van der Waals surface area contributed by atoms with Gasteiger partial charge in [0, 0.05) is 23.5 Å². The minimum Gasteiger partial charge on any atom is -0.497 e. The van der Waals surface area contributed by atoms with Crippen LogP contribution in [0.25, 0.3) is 0 Å². The Morgan fingerprint density at radius 2 is 1.80 bits per heavy atom. The zero-order chi connectivity index (χ0) is 17.6. The van der Waals surface area contributed by atoms with E-state index in [0.717, 1.165) is 22.7 Å². The minimum absolute atomic E-state index is 0.279. The SMILES string of the molecule is COc1cccc(Nc2cc(C(=O)Nc3ccc(C)cc3)ncn2)c1. The molecule has 0 fully saturated rings. The van der Waals surface area contributed by atoms with Crippen molar-refractivity contribution in [3.05, 3.63) is 72.2 Å². The van der Waals surface area contributed by atoms with Gasteiger partial charge in [0.1, 0.15) is 23.6 Å². The molecule has 1 heterocycles. The summed E-state index contributed by atoms with van der Waals surface area (Å²) in [6, 6.07) is 16.6. The van der Waals surface area contributed by atoms with Crippen LogP contribution in [0.5, 0.6) is 5.75 Å². The molecule has 126 valence electrons. The average molecular weight is 334 g/mol. The highest BCUT2D eigenvalue weighted by atomic mass is 16.5. The lowest BCUT2D eigenvalue weighted by molar-refractivity contribution is 0.102. The summed E-state index contributed by atoms with van der Waals surface area (Å²) >= 11 is 0. The number of carbonyl (C=O) groups is 1. The maximum Gasteiger partial charge on any atom is 0.274 e. The highest BCUT2D eigenvalue weighted by molar-refractivity contribution is 6.03. The van der Waals surface area contributed by atoms with Gasteiger partial charge in [0.25, 0.3) is 5.91 Å². The number of benzene rings is 2. The summed E-state index contributed by atoms with van der Waals surface area (Å²) < 4.78 is 5.19. The molecule has 0 saturated heterocycles. The molecule has 0 bridgehead atoms. The second-order valence-corrected chi connectivity index (χ2v) is 5.47. The highest BCUT2D eigenvalue weighted by Crippen LogP contribution is 2.20. The van der Waals surface area contributed by atoms with Crippen LogP contribution in [0, 0.1) is 6.92 Å². The zero-order valence-electron chi connectivity index (χ0n) is 14.0. The molecule has 25 heavy (non-hydrogen) atoms. The van der Waals surface area contributed by atoms with Gasteiger partial charge >= 0.3 is 0 Å². The maximum absolute atomic E-state index is 12.4. The molecule has 2 aromatic carbocycles. The van der Waals surface area contributed by atoms with E-state index in [1.54, 1.807) is 13.2 Å². The van der Waals surface area contributed by atoms with Crippen LogP contribution in [0.4, 0.5) is 17.2 Å². The molecule has 0 aliphatic heterocycles. The Hall–Kier alpha value is -3.41. The third kappa shape index (κ3) is 4.32. The molecule has 3 aromatic rings. The zero-order valence-corrected chi connectivity index (χ0v) is 14.0. The van der Waals surface area contributed by atoms with Crippen molar-refractivity contribution in [3.8, 4) is 5.75 Å². The fraction of sp³-hybridized carbons (Fsp3) is 0.105. The second kappa shape index (κ2) is 7.44. The van der Waals surface area contributed by atoms with Crippen LogP contribution >= 0.6 is 0 Å². The number of nitrogens with one attached hydrogen (secondary N) is 2. The van der Waals surface area contributed by atoms with Crippen LogP contribution in [-0.2, 0) is 0 Å². The van der Waals surface area contributed by atoms with E-state index >= 15 is 0 Å². The summed E-state index contributed by atoms with van der Waals surface area (Å²) in [5.41, 5.74) is 2.94. The number of ether oxygens (including phenoxy) is 1. The lowest BCUT2D eigenvalue weighted by atomic mass is 10.2. The lowest BCUT2D eigenvalue weighted by Crippen LogP contribution is -2.14. The summed E-state index contributed by atoms with van der Waals surface area (Å²) in [6.45, 7) is 1.99. The van der Waals surface area contributed by atoms with E-state index in [0.29, 0.717) is 5.82 Å². The van der Waals surface area contributed by atoms with Crippen LogP contribution < -0.4 is 15.4 Å². The standard InChI is InChI=1S/C19H18N4O2/c1-13-6-8-14(9-7-13)23-19(24)17-11-18(21-12-20-17)22-15-4-3-5-16(10-15)25-2/h3-12H,1-2H3,(H,23,24)(H,20,21,22). The van der Waals surface area contributed by atoms with E-state index in [1.807, 2.05) is 55.5 Å². The number of aromatic nitrogens is 2. The molecule has 0 aliphatic carbocycles. The largest absolute Gasteiger partial charge is 0.497 e. The number of nitrogens with zero attached hydrogens (tertiary/aromatic N) is 2. The van der Waals surface area contributed by atoms with Crippen LogP contribution in [0.3, 0.4) is 0 Å². The van der Waals surface area contributed by atoms with Crippen molar-refractivity contribution in [2.24, 2.45) is 0 Å². The third-order valence-corrected chi connectivity index (χ3v) is 3.55. The van der Waals surface area contributed by atoms with E-state index in [-0.39, 0.29) is 11.6 Å². The van der Waals surface area contributed by atoms with Crippen molar-refractivity contribution in [2.45, 2.75) is 6.92 Å². The Labute approximate surface area is 145 Å². The van der Waals surface area contributed by atoms with Gasteiger partial charge < -0.3 is 15.4 Å². The van der Waals surface area contributed by atoms with E-state index in [1.165, 1.54) is 6.33 Å². The number of hydrogen-bond acceptors (Lipinski definition) is 5. The predicted molar refractivity (Wildman–Crippen MR) is 97.4 cm³/mol. The molecular formula is C19H18N4O2. The molecule has 0 radical (unpaired) electrons. The van der Waals surface area contributed by atoms with Crippen molar-refractivity contribution < 1.29 is 9.53 Å². The summed E-state index contributed by atoms with van der Waals surface area (Å²) in [4.78, 5) is 20.5. The van der Waals surface area contributed by atoms with Crippen molar-refractivity contribution in [2.75, 3.05) is 17.7 Å². The van der Waals surface area contributed by atoms with Crippen LogP contribution in [0.2, 0.25) is 0 Å². The Balaban J connectivity index is 1.74. The van der Waals surface area contributed by atoms with Gasteiger partial charge in [0.2, 0.25) is 0 Å². The molecule has 1 aromatic heterocycles.